The Kier molecular flexibility index (Phi) is 5.06. The monoisotopic (exact) mass is 247 g/mol. The second-order valence-electron chi connectivity index (χ2n) is 5.75. The molecule has 1 N–H and O–H groups in total. The third-order valence-corrected chi connectivity index (χ3v) is 3.27. The minimum absolute atomic E-state index is 0.697. The van der Waals surface area contributed by atoms with Gasteiger partial charge in [-0.05, 0) is 42.5 Å². The zero-order valence-corrected chi connectivity index (χ0v) is 11.6. The summed E-state index contributed by atoms with van der Waals surface area (Å²) in [5.74, 6) is 2.66. The van der Waals surface area contributed by atoms with E-state index >= 15 is 0 Å². The van der Waals surface area contributed by atoms with E-state index in [1.54, 1.807) is 0 Å². The number of hydrogen-bond donors (Lipinski definition) is 1. The number of hydrogen-bond acceptors (Lipinski definition) is 2. The average molecular weight is 247 g/mol. The lowest BCUT2D eigenvalue weighted by Crippen LogP contribution is -2.18. The molecule has 2 nitrogen and oxygen atoms in total. The average Bonchev–Trinajstić information content (AvgIpc) is 3.13. The Bertz CT molecular complexity index is 335. The van der Waals surface area contributed by atoms with Gasteiger partial charge in [-0.2, -0.15) is 0 Å². The SMILES string of the molecule is CC(C)CNCc1cccc(OCCC2CC2)c1. The molecule has 0 radical (unpaired) electrons. The number of benzene rings is 1. The molecule has 0 saturated heterocycles. The van der Waals surface area contributed by atoms with Crippen LogP contribution in [0.4, 0.5) is 0 Å². The standard InChI is InChI=1S/C16H25NO/c1-13(2)11-17-12-15-4-3-5-16(10-15)18-9-8-14-6-7-14/h3-5,10,13-14,17H,6-9,11-12H2,1-2H3. The van der Waals surface area contributed by atoms with Crippen LogP contribution < -0.4 is 10.1 Å². The van der Waals surface area contributed by atoms with Gasteiger partial charge >= 0.3 is 0 Å². The van der Waals surface area contributed by atoms with Gasteiger partial charge in [0.25, 0.3) is 0 Å². The highest BCUT2D eigenvalue weighted by atomic mass is 16.5. The third kappa shape index (κ3) is 5.09. The molecule has 0 unspecified atom stereocenters. The van der Waals surface area contributed by atoms with Crippen LogP contribution in [0.1, 0.15) is 38.7 Å². The van der Waals surface area contributed by atoms with E-state index in [-0.39, 0.29) is 0 Å². The van der Waals surface area contributed by atoms with Gasteiger partial charge in [-0.15, -0.1) is 0 Å². The van der Waals surface area contributed by atoms with Gasteiger partial charge in [-0.1, -0.05) is 38.8 Å². The van der Waals surface area contributed by atoms with Gasteiger partial charge in [-0.3, -0.25) is 0 Å². The lowest BCUT2D eigenvalue weighted by atomic mass is 10.2. The van der Waals surface area contributed by atoms with Gasteiger partial charge in [0.05, 0.1) is 6.61 Å². The van der Waals surface area contributed by atoms with Crippen LogP contribution in [-0.2, 0) is 6.54 Å². The van der Waals surface area contributed by atoms with E-state index in [1.165, 1.54) is 24.8 Å². The van der Waals surface area contributed by atoms with Crippen molar-refractivity contribution < 1.29 is 4.74 Å². The molecule has 1 aliphatic carbocycles. The molecule has 0 atom stereocenters. The van der Waals surface area contributed by atoms with Crippen LogP contribution >= 0.6 is 0 Å². The molecule has 1 aliphatic rings. The normalized spacial score (nSPS) is 15.1. The summed E-state index contributed by atoms with van der Waals surface area (Å²) in [6.07, 6.45) is 4.03. The predicted octanol–water partition coefficient (Wildman–Crippen LogP) is 3.61. The largest absolute Gasteiger partial charge is 0.494 e. The topological polar surface area (TPSA) is 21.3 Å². The second kappa shape index (κ2) is 6.79. The lowest BCUT2D eigenvalue weighted by Gasteiger charge is -2.10. The summed E-state index contributed by atoms with van der Waals surface area (Å²) < 4.78 is 5.80. The smallest absolute Gasteiger partial charge is 0.119 e. The van der Waals surface area contributed by atoms with Crippen LogP contribution in [0.2, 0.25) is 0 Å². The molecule has 0 spiro atoms. The van der Waals surface area contributed by atoms with Crippen molar-refractivity contribution in [3.63, 3.8) is 0 Å². The highest BCUT2D eigenvalue weighted by molar-refractivity contribution is 5.28. The molecule has 1 aromatic rings. The summed E-state index contributed by atoms with van der Waals surface area (Å²) in [5.41, 5.74) is 1.31. The third-order valence-electron chi connectivity index (χ3n) is 3.27. The number of ether oxygens (including phenoxy) is 1. The highest BCUT2D eigenvalue weighted by Gasteiger charge is 2.20. The lowest BCUT2D eigenvalue weighted by molar-refractivity contribution is 0.302. The Labute approximate surface area is 111 Å². The Morgan fingerprint density at radius 3 is 2.89 bits per heavy atom. The van der Waals surface area contributed by atoms with Gasteiger partial charge in [0.1, 0.15) is 5.75 Å². The van der Waals surface area contributed by atoms with Gasteiger partial charge < -0.3 is 10.1 Å². The first kappa shape index (κ1) is 13.4. The van der Waals surface area contributed by atoms with Gasteiger partial charge in [0, 0.05) is 6.54 Å². The summed E-state index contributed by atoms with van der Waals surface area (Å²) in [6, 6.07) is 8.44. The summed E-state index contributed by atoms with van der Waals surface area (Å²) in [4.78, 5) is 0. The first-order valence-electron chi connectivity index (χ1n) is 7.16. The minimum atomic E-state index is 0.697. The van der Waals surface area contributed by atoms with E-state index in [1.807, 2.05) is 0 Å². The van der Waals surface area contributed by atoms with Crippen molar-refractivity contribution in [3.05, 3.63) is 29.8 Å². The van der Waals surface area contributed by atoms with Crippen molar-refractivity contribution in [2.75, 3.05) is 13.2 Å². The second-order valence-corrected chi connectivity index (χ2v) is 5.75. The Hall–Kier alpha value is -1.02. The van der Waals surface area contributed by atoms with Gasteiger partial charge in [0.2, 0.25) is 0 Å². The maximum absolute atomic E-state index is 5.80. The molecule has 0 heterocycles. The highest BCUT2D eigenvalue weighted by Crippen LogP contribution is 2.32. The molecular formula is C16H25NO. The fourth-order valence-corrected chi connectivity index (χ4v) is 2.00. The predicted molar refractivity (Wildman–Crippen MR) is 75.8 cm³/mol. The van der Waals surface area contributed by atoms with Crippen molar-refractivity contribution in [2.24, 2.45) is 11.8 Å². The van der Waals surface area contributed by atoms with Crippen LogP contribution in [0.3, 0.4) is 0 Å². The summed E-state index contributed by atoms with van der Waals surface area (Å²) >= 11 is 0. The van der Waals surface area contributed by atoms with E-state index in [4.69, 9.17) is 4.74 Å². The van der Waals surface area contributed by atoms with Crippen molar-refractivity contribution in [1.82, 2.24) is 5.32 Å². The van der Waals surface area contributed by atoms with Crippen molar-refractivity contribution in [1.29, 1.82) is 0 Å². The summed E-state index contributed by atoms with van der Waals surface area (Å²) in [7, 11) is 0. The molecule has 2 heteroatoms. The van der Waals surface area contributed by atoms with E-state index < -0.39 is 0 Å². The minimum Gasteiger partial charge on any atom is -0.494 e. The molecule has 0 amide bonds. The number of nitrogens with one attached hydrogen (secondary N) is 1. The van der Waals surface area contributed by atoms with E-state index in [0.717, 1.165) is 31.4 Å². The maximum atomic E-state index is 5.80. The molecule has 1 saturated carbocycles. The Balaban J connectivity index is 1.72. The fraction of sp³-hybridized carbons (Fsp3) is 0.625. The van der Waals surface area contributed by atoms with Crippen LogP contribution in [0.5, 0.6) is 5.75 Å². The van der Waals surface area contributed by atoms with Crippen molar-refractivity contribution in [2.45, 2.75) is 39.7 Å². The molecule has 0 aliphatic heterocycles. The fourth-order valence-electron chi connectivity index (χ4n) is 2.00. The van der Waals surface area contributed by atoms with Gasteiger partial charge in [0.15, 0.2) is 0 Å². The molecule has 0 aromatic heterocycles. The molecule has 100 valence electrons. The quantitative estimate of drug-likeness (QED) is 0.757. The molecule has 0 bridgehead atoms. The zero-order chi connectivity index (χ0) is 12.8. The first-order valence-corrected chi connectivity index (χ1v) is 7.16. The van der Waals surface area contributed by atoms with Crippen LogP contribution in [0.15, 0.2) is 24.3 Å². The Morgan fingerprint density at radius 2 is 2.17 bits per heavy atom. The van der Waals surface area contributed by atoms with Crippen molar-refractivity contribution in [3.8, 4) is 5.75 Å². The van der Waals surface area contributed by atoms with Crippen LogP contribution in [0, 0.1) is 11.8 Å². The van der Waals surface area contributed by atoms with Crippen LogP contribution in [0.25, 0.3) is 0 Å². The summed E-state index contributed by atoms with van der Waals surface area (Å²) in [6.45, 7) is 7.31. The van der Waals surface area contributed by atoms with Crippen LogP contribution in [-0.4, -0.2) is 13.2 Å². The molecule has 18 heavy (non-hydrogen) atoms. The number of rotatable bonds is 8. The van der Waals surface area contributed by atoms with Gasteiger partial charge in [-0.25, -0.2) is 0 Å². The molecular weight excluding hydrogens is 222 g/mol. The molecule has 1 fully saturated rings. The van der Waals surface area contributed by atoms with E-state index in [2.05, 4.69) is 43.4 Å². The first-order chi connectivity index (χ1) is 8.74. The molecule has 1 aromatic carbocycles. The maximum Gasteiger partial charge on any atom is 0.119 e. The zero-order valence-electron chi connectivity index (χ0n) is 11.6. The summed E-state index contributed by atoms with van der Waals surface area (Å²) in [5, 5.41) is 3.46. The van der Waals surface area contributed by atoms with Crippen molar-refractivity contribution >= 4 is 0 Å². The van der Waals surface area contributed by atoms with E-state index in [0.29, 0.717) is 5.92 Å². The van der Waals surface area contributed by atoms with E-state index in [9.17, 15) is 0 Å². The molecule has 2 rings (SSSR count). The Morgan fingerprint density at radius 1 is 1.33 bits per heavy atom.